The van der Waals surface area contributed by atoms with E-state index in [0.717, 1.165) is 48.8 Å². The molecule has 1 unspecified atom stereocenters. The minimum absolute atomic E-state index is 0.0482. The van der Waals surface area contributed by atoms with Gasteiger partial charge in [0.25, 0.3) is 0 Å². The largest absolute Gasteiger partial charge is 0.378 e. The number of aromatic nitrogens is 3. The van der Waals surface area contributed by atoms with Crippen molar-refractivity contribution in [2.75, 3.05) is 44.3 Å². The molecule has 2 aromatic rings. The van der Waals surface area contributed by atoms with E-state index < -0.39 is 0 Å². The molecule has 0 saturated carbocycles. The van der Waals surface area contributed by atoms with Crippen LogP contribution in [0.25, 0.3) is 5.65 Å². The molecule has 0 aliphatic carbocycles. The number of piperidine rings is 1. The quantitative estimate of drug-likeness (QED) is 0.825. The van der Waals surface area contributed by atoms with E-state index in [-0.39, 0.29) is 11.8 Å². The van der Waals surface area contributed by atoms with E-state index in [4.69, 9.17) is 4.74 Å². The molecule has 2 aromatic heterocycles. The molecule has 7 nitrogen and oxygen atoms in total. The summed E-state index contributed by atoms with van der Waals surface area (Å²) in [4.78, 5) is 21.7. The number of rotatable bonds is 2. The highest BCUT2D eigenvalue weighted by Crippen LogP contribution is 2.26. The molecule has 134 valence electrons. The monoisotopic (exact) mass is 343 g/mol. The maximum absolute atomic E-state index is 12.9. The first-order chi connectivity index (χ1) is 12.1. The Morgan fingerprint density at radius 2 is 1.96 bits per heavy atom. The summed E-state index contributed by atoms with van der Waals surface area (Å²) in [6.07, 6.45) is 1.97. The number of carbonyl (C=O) groups excluding carboxylic acids is 1. The summed E-state index contributed by atoms with van der Waals surface area (Å²) < 4.78 is 7.28. The van der Waals surface area contributed by atoms with Crippen LogP contribution in [0, 0.1) is 19.8 Å². The van der Waals surface area contributed by atoms with Gasteiger partial charge in [-0.2, -0.15) is 9.61 Å². The predicted octanol–water partition coefficient (Wildman–Crippen LogP) is 1.42. The lowest BCUT2D eigenvalue weighted by molar-refractivity contribution is -0.139. The number of morpholine rings is 1. The Labute approximate surface area is 147 Å². The second-order valence-corrected chi connectivity index (χ2v) is 7.03. The lowest BCUT2D eigenvalue weighted by atomic mass is 9.96. The summed E-state index contributed by atoms with van der Waals surface area (Å²) in [5.74, 6) is 1.36. The van der Waals surface area contributed by atoms with Crippen LogP contribution in [-0.2, 0) is 9.53 Å². The average Bonchev–Trinajstić information content (AvgIpc) is 3.01. The van der Waals surface area contributed by atoms with Crippen molar-refractivity contribution in [2.45, 2.75) is 26.7 Å². The molecule has 25 heavy (non-hydrogen) atoms. The third-order valence-electron chi connectivity index (χ3n) is 5.08. The molecule has 2 aliphatic rings. The first kappa shape index (κ1) is 16.3. The van der Waals surface area contributed by atoms with Gasteiger partial charge in [0, 0.05) is 44.0 Å². The van der Waals surface area contributed by atoms with Crippen LogP contribution >= 0.6 is 0 Å². The molecule has 2 fully saturated rings. The Hall–Kier alpha value is -2.15. The van der Waals surface area contributed by atoms with Crippen LogP contribution in [0.4, 0.5) is 5.82 Å². The Morgan fingerprint density at radius 1 is 1.16 bits per heavy atom. The molecule has 4 rings (SSSR count). The van der Waals surface area contributed by atoms with E-state index in [1.54, 1.807) is 0 Å². The zero-order valence-corrected chi connectivity index (χ0v) is 14.9. The Kier molecular flexibility index (Phi) is 4.33. The highest BCUT2D eigenvalue weighted by molar-refractivity contribution is 5.80. The first-order valence-electron chi connectivity index (χ1n) is 9.07. The fraction of sp³-hybridized carbons (Fsp3) is 0.611. The fourth-order valence-electron chi connectivity index (χ4n) is 3.85. The summed E-state index contributed by atoms with van der Waals surface area (Å²) in [7, 11) is 0. The van der Waals surface area contributed by atoms with Gasteiger partial charge in [0.2, 0.25) is 5.91 Å². The number of nitrogens with zero attached hydrogens (tertiary/aromatic N) is 5. The molecule has 2 aliphatic heterocycles. The van der Waals surface area contributed by atoms with Gasteiger partial charge in [0.05, 0.1) is 24.8 Å². The molecule has 0 radical (unpaired) electrons. The lowest BCUT2D eigenvalue weighted by Crippen LogP contribution is -2.48. The Morgan fingerprint density at radius 3 is 2.76 bits per heavy atom. The third-order valence-corrected chi connectivity index (χ3v) is 5.08. The number of ether oxygens (including phenoxy) is 1. The van der Waals surface area contributed by atoms with Crippen LogP contribution in [0.1, 0.15) is 24.2 Å². The molecule has 0 N–H and O–H groups in total. The zero-order chi connectivity index (χ0) is 17.4. The van der Waals surface area contributed by atoms with E-state index in [2.05, 4.69) is 21.0 Å². The van der Waals surface area contributed by atoms with Crippen LogP contribution < -0.4 is 4.90 Å². The standard InChI is InChI=1S/C18H25N5O2/c1-13-11-17(23-16(19-13)10-14(2)20-23)22-5-3-4-15(12-22)18(24)21-6-8-25-9-7-21/h10-11,15H,3-9,12H2,1-2H3. The van der Waals surface area contributed by atoms with Crippen LogP contribution in [-0.4, -0.2) is 64.8 Å². The molecular weight excluding hydrogens is 318 g/mol. The minimum atomic E-state index is 0.0482. The molecular formula is C18H25N5O2. The van der Waals surface area contributed by atoms with Crippen LogP contribution in [0.5, 0.6) is 0 Å². The summed E-state index contributed by atoms with van der Waals surface area (Å²) in [6, 6.07) is 4.07. The summed E-state index contributed by atoms with van der Waals surface area (Å²) in [5, 5.41) is 4.59. The number of hydrogen-bond donors (Lipinski definition) is 0. The highest BCUT2D eigenvalue weighted by atomic mass is 16.5. The summed E-state index contributed by atoms with van der Waals surface area (Å²) in [6.45, 7) is 8.41. The second-order valence-electron chi connectivity index (χ2n) is 7.03. The SMILES string of the molecule is Cc1cc(N2CCCC(C(=O)N3CCOCC3)C2)n2nc(C)cc2n1. The Bertz CT molecular complexity index is 781. The molecule has 0 aromatic carbocycles. The lowest BCUT2D eigenvalue weighted by Gasteiger charge is -2.37. The predicted molar refractivity (Wildman–Crippen MR) is 94.8 cm³/mol. The van der Waals surface area contributed by atoms with Crippen molar-refractivity contribution in [1.29, 1.82) is 0 Å². The van der Waals surface area contributed by atoms with Crippen LogP contribution in [0.2, 0.25) is 0 Å². The molecule has 4 heterocycles. The van der Waals surface area contributed by atoms with Gasteiger partial charge in [-0.15, -0.1) is 0 Å². The van der Waals surface area contributed by atoms with Crippen LogP contribution in [0.15, 0.2) is 12.1 Å². The highest BCUT2D eigenvalue weighted by Gasteiger charge is 2.31. The van der Waals surface area contributed by atoms with Gasteiger partial charge < -0.3 is 14.5 Å². The van der Waals surface area contributed by atoms with Crippen molar-refractivity contribution in [3.05, 3.63) is 23.5 Å². The number of aryl methyl sites for hydroxylation is 2. The molecule has 1 amide bonds. The molecule has 7 heteroatoms. The molecule has 2 saturated heterocycles. The fourth-order valence-corrected chi connectivity index (χ4v) is 3.85. The van der Waals surface area contributed by atoms with Crippen molar-refractivity contribution < 1.29 is 9.53 Å². The number of anilines is 1. The molecule has 0 bridgehead atoms. The number of fused-ring (bicyclic) bond motifs is 1. The topological polar surface area (TPSA) is 63.0 Å². The van der Waals surface area contributed by atoms with Crippen molar-refractivity contribution in [2.24, 2.45) is 5.92 Å². The van der Waals surface area contributed by atoms with Gasteiger partial charge in [-0.25, -0.2) is 4.98 Å². The van der Waals surface area contributed by atoms with Crippen molar-refractivity contribution in [3.63, 3.8) is 0 Å². The second kappa shape index (κ2) is 6.63. The van der Waals surface area contributed by atoms with Crippen LogP contribution in [0.3, 0.4) is 0 Å². The van der Waals surface area contributed by atoms with E-state index in [0.29, 0.717) is 26.3 Å². The van der Waals surface area contributed by atoms with Gasteiger partial charge in [-0.3, -0.25) is 4.79 Å². The molecule has 0 spiro atoms. The van der Waals surface area contributed by atoms with Gasteiger partial charge in [-0.05, 0) is 26.7 Å². The summed E-state index contributed by atoms with van der Waals surface area (Å²) >= 11 is 0. The van der Waals surface area contributed by atoms with E-state index in [1.165, 1.54) is 0 Å². The minimum Gasteiger partial charge on any atom is -0.378 e. The maximum Gasteiger partial charge on any atom is 0.227 e. The van der Waals surface area contributed by atoms with E-state index >= 15 is 0 Å². The van der Waals surface area contributed by atoms with Crippen molar-refractivity contribution in [1.82, 2.24) is 19.5 Å². The molecule has 1 atom stereocenters. The zero-order valence-electron chi connectivity index (χ0n) is 14.9. The van der Waals surface area contributed by atoms with Gasteiger partial charge in [0.1, 0.15) is 5.82 Å². The Balaban J connectivity index is 1.58. The van der Waals surface area contributed by atoms with Gasteiger partial charge in [-0.1, -0.05) is 0 Å². The number of amides is 1. The van der Waals surface area contributed by atoms with Crippen molar-refractivity contribution in [3.8, 4) is 0 Å². The van der Waals surface area contributed by atoms with Gasteiger partial charge >= 0.3 is 0 Å². The average molecular weight is 343 g/mol. The van der Waals surface area contributed by atoms with E-state index in [1.807, 2.05) is 29.3 Å². The first-order valence-corrected chi connectivity index (χ1v) is 9.07. The summed E-state index contributed by atoms with van der Waals surface area (Å²) in [5.41, 5.74) is 2.80. The maximum atomic E-state index is 12.9. The smallest absolute Gasteiger partial charge is 0.227 e. The normalized spacial score (nSPS) is 21.8. The van der Waals surface area contributed by atoms with Gasteiger partial charge in [0.15, 0.2) is 5.65 Å². The van der Waals surface area contributed by atoms with Crippen molar-refractivity contribution >= 4 is 17.4 Å². The number of carbonyl (C=O) groups is 1. The number of hydrogen-bond acceptors (Lipinski definition) is 5. The van der Waals surface area contributed by atoms with E-state index in [9.17, 15) is 4.79 Å². The third kappa shape index (κ3) is 3.20.